The molecule has 0 saturated heterocycles. The van der Waals surface area contributed by atoms with E-state index in [0.717, 1.165) is 30.0 Å². The molecule has 1 N–H and O–H groups in total. The van der Waals surface area contributed by atoms with Gasteiger partial charge >= 0.3 is 29.6 Å². The van der Waals surface area contributed by atoms with E-state index in [4.69, 9.17) is 0 Å². The number of aryl methyl sites for hydroxylation is 1. The molecule has 6 heteroatoms. The zero-order valence-corrected chi connectivity index (χ0v) is 23.9. The van der Waals surface area contributed by atoms with Crippen molar-refractivity contribution in [1.29, 1.82) is 0 Å². The van der Waals surface area contributed by atoms with Crippen molar-refractivity contribution in [2.75, 3.05) is 11.9 Å². The summed E-state index contributed by atoms with van der Waals surface area (Å²) in [6.45, 7) is 7.46. The van der Waals surface area contributed by atoms with Gasteiger partial charge in [0, 0.05) is 47.8 Å². The third kappa shape index (κ3) is 9.24. The number of aromatic nitrogens is 1. The molecule has 34 heavy (non-hydrogen) atoms. The molecule has 0 fully saturated rings. The number of rotatable bonds is 16. The molecular weight excluding hydrogens is 435 g/mol. The van der Waals surface area contributed by atoms with Crippen molar-refractivity contribution < 1.29 is 44.3 Å². The average molecular weight is 477 g/mol. The number of aliphatic carboxylic acids is 1. The number of nitrogens with one attached hydrogen (secondary N) is 1. The second kappa shape index (κ2) is 16.2. The second-order valence-corrected chi connectivity index (χ2v) is 9.08. The number of carbonyl (C=O) groups excluding carboxylic acids is 2. The number of benzene rings is 1. The van der Waals surface area contributed by atoms with Gasteiger partial charge in [-0.2, -0.15) is 0 Å². The monoisotopic (exact) mass is 476 g/mol. The summed E-state index contributed by atoms with van der Waals surface area (Å²) in [5.74, 6) is -0.355. The van der Waals surface area contributed by atoms with Gasteiger partial charge in [0.15, 0.2) is 5.78 Å². The third-order valence-corrected chi connectivity index (χ3v) is 6.50. The third-order valence-electron chi connectivity index (χ3n) is 6.50. The zero-order valence-electron chi connectivity index (χ0n) is 21.9. The largest absolute Gasteiger partial charge is 1.00 e. The molecule has 1 aromatic heterocycles. The molecule has 2 aromatic rings. The van der Waals surface area contributed by atoms with Crippen LogP contribution < -0.4 is 40.0 Å². The number of carboxylic acid groups (broad SMARTS) is 1. The number of nitrogens with zero attached hydrogens (tertiary/aromatic N) is 1. The van der Waals surface area contributed by atoms with Crippen molar-refractivity contribution in [1.82, 2.24) is 4.57 Å². The molecule has 0 atom stereocenters. The Morgan fingerprint density at radius 3 is 2.29 bits per heavy atom. The zero-order chi connectivity index (χ0) is 24.2. The Morgan fingerprint density at radius 1 is 1.03 bits per heavy atom. The van der Waals surface area contributed by atoms with E-state index in [-0.39, 0.29) is 41.8 Å². The molecule has 0 aliphatic heterocycles. The van der Waals surface area contributed by atoms with E-state index in [9.17, 15) is 14.7 Å². The summed E-state index contributed by atoms with van der Waals surface area (Å²) in [7, 11) is 1.95. The molecule has 0 amide bonds. The summed E-state index contributed by atoms with van der Waals surface area (Å²) in [6, 6.07) is 9.74. The van der Waals surface area contributed by atoms with Gasteiger partial charge in [-0.3, -0.25) is 4.79 Å². The smallest absolute Gasteiger partial charge is 0.550 e. The molecule has 0 spiro atoms. The molecule has 0 aliphatic rings. The van der Waals surface area contributed by atoms with Gasteiger partial charge in [0.05, 0.1) is 0 Å². The number of unbranched alkanes of at least 4 members (excludes halogenated alkanes) is 2. The van der Waals surface area contributed by atoms with Crippen LogP contribution in [0.25, 0.3) is 0 Å². The molecule has 182 valence electrons. The number of anilines is 1. The van der Waals surface area contributed by atoms with Crippen LogP contribution in [0.15, 0.2) is 30.3 Å². The molecule has 0 bridgehead atoms. The van der Waals surface area contributed by atoms with E-state index < -0.39 is 5.97 Å². The van der Waals surface area contributed by atoms with Crippen molar-refractivity contribution in [3.05, 3.63) is 52.8 Å². The molecule has 0 radical (unpaired) electrons. The first-order valence-corrected chi connectivity index (χ1v) is 12.7. The molecule has 2 rings (SSSR count). The van der Waals surface area contributed by atoms with Crippen LogP contribution in [-0.4, -0.2) is 22.9 Å². The topological polar surface area (TPSA) is 74.2 Å². The molecule has 5 nitrogen and oxygen atoms in total. The summed E-state index contributed by atoms with van der Waals surface area (Å²) in [5.41, 5.74) is 4.35. The van der Waals surface area contributed by atoms with E-state index >= 15 is 0 Å². The van der Waals surface area contributed by atoms with Crippen molar-refractivity contribution in [2.24, 2.45) is 13.0 Å². The number of hydrogen-bond acceptors (Lipinski definition) is 4. The Kier molecular flexibility index (Phi) is 14.5. The van der Waals surface area contributed by atoms with Crippen LogP contribution in [-0.2, 0) is 24.7 Å². The van der Waals surface area contributed by atoms with Gasteiger partial charge in [-0.1, -0.05) is 58.6 Å². The summed E-state index contributed by atoms with van der Waals surface area (Å²) < 4.78 is 2.04. The van der Waals surface area contributed by atoms with Crippen molar-refractivity contribution in [3.8, 4) is 0 Å². The maximum atomic E-state index is 13.4. The maximum Gasteiger partial charge on any atom is 1.00 e. The van der Waals surface area contributed by atoms with Gasteiger partial charge in [0.25, 0.3) is 0 Å². The molecule has 0 aliphatic carbocycles. The molecule has 0 saturated carbocycles. The molecule has 0 unspecified atom stereocenters. The van der Waals surface area contributed by atoms with Crippen LogP contribution in [0.3, 0.4) is 0 Å². The van der Waals surface area contributed by atoms with Crippen LogP contribution in [0, 0.1) is 5.92 Å². The van der Waals surface area contributed by atoms with Crippen LogP contribution >= 0.6 is 0 Å². The van der Waals surface area contributed by atoms with E-state index in [1.165, 1.54) is 38.5 Å². The van der Waals surface area contributed by atoms with Crippen molar-refractivity contribution >= 4 is 17.4 Å². The van der Waals surface area contributed by atoms with E-state index in [0.29, 0.717) is 29.9 Å². The first-order valence-electron chi connectivity index (χ1n) is 12.7. The van der Waals surface area contributed by atoms with Crippen LogP contribution in [0.4, 0.5) is 5.69 Å². The Labute approximate surface area is 228 Å². The first-order chi connectivity index (χ1) is 15.9. The SMILES string of the molecule is CCCCC(CCCC)CNc1cccc(C(=O)c2cc(CCCC(=O)[O-])n(C)c2CC)c1.[Na+]. The fraction of sp³-hybridized carbons (Fsp3) is 0.571. The average Bonchev–Trinajstić information content (AvgIpc) is 3.13. The van der Waals surface area contributed by atoms with Crippen LogP contribution in [0.5, 0.6) is 0 Å². The van der Waals surface area contributed by atoms with Crippen molar-refractivity contribution in [3.63, 3.8) is 0 Å². The fourth-order valence-corrected chi connectivity index (χ4v) is 4.50. The summed E-state index contributed by atoms with van der Waals surface area (Å²) >= 11 is 0. The number of hydrogen-bond donors (Lipinski definition) is 1. The number of carboxylic acids is 1. The van der Waals surface area contributed by atoms with Gasteiger partial charge in [-0.05, 0) is 62.6 Å². The van der Waals surface area contributed by atoms with E-state index in [1.54, 1.807) is 0 Å². The van der Waals surface area contributed by atoms with Crippen LogP contribution in [0.1, 0.15) is 99.4 Å². The predicted octanol–water partition coefficient (Wildman–Crippen LogP) is 2.30. The Balaban J connectivity index is 0.00000578. The normalized spacial score (nSPS) is 10.9. The van der Waals surface area contributed by atoms with Gasteiger partial charge in [-0.15, -0.1) is 0 Å². The second-order valence-electron chi connectivity index (χ2n) is 9.08. The summed E-state index contributed by atoms with van der Waals surface area (Å²) in [6.07, 6.45) is 9.34. The Bertz CT molecular complexity index is 899. The number of ketones is 1. The van der Waals surface area contributed by atoms with Gasteiger partial charge in [-0.25, -0.2) is 0 Å². The maximum absolute atomic E-state index is 13.4. The molecule has 1 heterocycles. The van der Waals surface area contributed by atoms with Crippen molar-refractivity contribution in [2.45, 2.75) is 85.0 Å². The Hall–Kier alpha value is -1.56. The van der Waals surface area contributed by atoms with Gasteiger partial charge in [0.2, 0.25) is 0 Å². The first kappa shape index (κ1) is 30.5. The van der Waals surface area contributed by atoms with Crippen LogP contribution in [0.2, 0.25) is 0 Å². The van der Waals surface area contributed by atoms with E-state index in [2.05, 4.69) is 19.2 Å². The summed E-state index contributed by atoms with van der Waals surface area (Å²) in [5, 5.41) is 14.3. The minimum atomic E-state index is -1.04. The molecule has 1 aromatic carbocycles. The molecular formula is C28H41N2NaO3. The fourth-order valence-electron chi connectivity index (χ4n) is 4.50. The predicted molar refractivity (Wildman–Crippen MR) is 134 cm³/mol. The van der Waals surface area contributed by atoms with Gasteiger partial charge < -0.3 is 19.8 Å². The minimum absolute atomic E-state index is 0. The standard InChI is InChI=1S/C28H42N2O3.Na/c1-5-8-12-21(13-9-6-2)20-29-23-15-10-14-22(18-23)28(33)25-19-24(16-11-17-27(31)32)30(4)26(25)7-3;/h10,14-15,18-19,21,29H,5-9,11-13,16-17,20H2,1-4H3,(H,31,32);/q;+1/p-1. The quantitative estimate of drug-likeness (QED) is 0.298. The van der Waals surface area contributed by atoms with Gasteiger partial charge in [0.1, 0.15) is 0 Å². The Morgan fingerprint density at radius 2 is 1.71 bits per heavy atom. The minimum Gasteiger partial charge on any atom is -0.550 e. The van der Waals surface area contributed by atoms with E-state index in [1.807, 2.05) is 48.9 Å². The number of carbonyl (C=O) groups is 2. The summed E-state index contributed by atoms with van der Waals surface area (Å²) in [4.78, 5) is 24.2.